The highest BCUT2D eigenvalue weighted by molar-refractivity contribution is 5.29. The first-order valence-corrected chi connectivity index (χ1v) is 6.93. The van der Waals surface area contributed by atoms with Crippen LogP contribution in [0.5, 0.6) is 0 Å². The van der Waals surface area contributed by atoms with Gasteiger partial charge < -0.3 is 5.11 Å². The second-order valence-electron chi connectivity index (χ2n) is 5.97. The lowest BCUT2D eigenvalue weighted by molar-refractivity contribution is 0.0555. The number of hydrogen-bond acceptors (Lipinski definition) is 1. The quantitative estimate of drug-likeness (QED) is 0.832. The van der Waals surface area contributed by atoms with Crippen molar-refractivity contribution in [3.8, 4) is 0 Å². The van der Waals surface area contributed by atoms with E-state index in [1.165, 1.54) is 12.1 Å². The molecule has 4 unspecified atom stereocenters. The van der Waals surface area contributed by atoms with Gasteiger partial charge in [0.15, 0.2) is 0 Å². The first kappa shape index (κ1) is 13.5. The van der Waals surface area contributed by atoms with Gasteiger partial charge in [0.2, 0.25) is 0 Å². The fraction of sp³-hybridized carbons (Fsp3) is 0.625. The summed E-state index contributed by atoms with van der Waals surface area (Å²) in [4.78, 5) is 0. The molecule has 0 aliphatic heterocycles. The highest BCUT2D eigenvalue weighted by Gasteiger charge is 2.30. The molecule has 1 nitrogen and oxygen atoms in total. The summed E-state index contributed by atoms with van der Waals surface area (Å²) in [5.41, 5.74) is 1.75. The van der Waals surface area contributed by atoms with Gasteiger partial charge in [0.05, 0.1) is 6.10 Å². The Hall–Kier alpha value is -0.890. The third-order valence-electron chi connectivity index (χ3n) is 4.65. The van der Waals surface area contributed by atoms with Crippen LogP contribution in [0.3, 0.4) is 0 Å². The van der Waals surface area contributed by atoms with Crippen molar-refractivity contribution in [2.45, 2.75) is 46.1 Å². The number of aliphatic hydroxyl groups excluding tert-OH is 1. The Labute approximate surface area is 109 Å². The molecule has 0 saturated heterocycles. The lowest BCUT2D eigenvalue weighted by atomic mass is 9.72. The van der Waals surface area contributed by atoms with Crippen LogP contribution in [0.25, 0.3) is 0 Å². The zero-order valence-corrected chi connectivity index (χ0v) is 11.5. The minimum atomic E-state index is -0.518. The Bertz CT molecular complexity index is 416. The molecule has 1 saturated carbocycles. The number of aliphatic hydroxyl groups is 1. The Morgan fingerprint density at radius 1 is 1.22 bits per heavy atom. The number of hydrogen-bond donors (Lipinski definition) is 1. The summed E-state index contributed by atoms with van der Waals surface area (Å²) in [6.07, 6.45) is 2.73. The molecule has 0 spiro atoms. The van der Waals surface area contributed by atoms with Gasteiger partial charge in [-0.25, -0.2) is 4.39 Å². The third kappa shape index (κ3) is 2.74. The van der Waals surface area contributed by atoms with Crippen molar-refractivity contribution >= 4 is 0 Å². The van der Waals surface area contributed by atoms with Crippen molar-refractivity contribution in [2.24, 2.45) is 17.8 Å². The topological polar surface area (TPSA) is 20.2 Å². The molecule has 1 aromatic rings. The van der Waals surface area contributed by atoms with E-state index in [4.69, 9.17) is 0 Å². The largest absolute Gasteiger partial charge is 0.388 e. The molecule has 0 heterocycles. The van der Waals surface area contributed by atoms with E-state index in [1.807, 2.05) is 6.92 Å². The van der Waals surface area contributed by atoms with E-state index in [9.17, 15) is 9.50 Å². The first-order valence-electron chi connectivity index (χ1n) is 6.93. The average Bonchev–Trinajstić information content (AvgIpc) is 2.35. The minimum absolute atomic E-state index is 0.258. The summed E-state index contributed by atoms with van der Waals surface area (Å²) in [5.74, 6) is 1.40. The summed E-state index contributed by atoms with van der Waals surface area (Å²) in [6.45, 7) is 6.47. The van der Waals surface area contributed by atoms with E-state index in [0.29, 0.717) is 5.92 Å². The summed E-state index contributed by atoms with van der Waals surface area (Å²) >= 11 is 0. The van der Waals surface area contributed by atoms with E-state index >= 15 is 0 Å². The van der Waals surface area contributed by atoms with Crippen LogP contribution < -0.4 is 0 Å². The van der Waals surface area contributed by atoms with Gasteiger partial charge >= 0.3 is 0 Å². The van der Waals surface area contributed by atoms with E-state index < -0.39 is 6.10 Å². The average molecular weight is 250 g/mol. The Morgan fingerprint density at radius 3 is 2.61 bits per heavy atom. The number of halogens is 1. The van der Waals surface area contributed by atoms with Gasteiger partial charge in [0.1, 0.15) is 5.82 Å². The molecule has 0 amide bonds. The van der Waals surface area contributed by atoms with Gasteiger partial charge in [-0.3, -0.25) is 0 Å². The molecule has 0 bridgehead atoms. The molecule has 2 rings (SSSR count). The molecule has 1 aromatic carbocycles. The highest BCUT2D eigenvalue weighted by Crippen LogP contribution is 2.40. The summed E-state index contributed by atoms with van der Waals surface area (Å²) < 4.78 is 13.3. The third-order valence-corrected chi connectivity index (χ3v) is 4.65. The monoisotopic (exact) mass is 250 g/mol. The molecule has 1 N–H and O–H groups in total. The van der Waals surface area contributed by atoms with Crippen LogP contribution in [0.4, 0.5) is 4.39 Å². The molecule has 0 radical (unpaired) electrons. The molecule has 0 aromatic heterocycles. The zero-order valence-electron chi connectivity index (χ0n) is 11.5. The van der Waals surface area contributed by atoms with Gasteiger partial charge in [-0.15, -0.1) is 0 Å². The van der Waals surface area contributed by atoms with Crippen LogP contribution >= 0.6 is 0 Å². The lowest BCUT2D eigenvalue weighted by Crippen LogP contribution is -2.25. The summed E-state index contributed by atoms with van der Waals surface area (Å²) in [6, 6.07) is 4.70. The van der Waals surface area contributed by atoms with Crippen molar-refractivity contribution in [1.82, 2.24) is 0 Å². The molecule has 1 aliphatic rings. The highest BCUT2D eigenvalue weighted by atomic mass is 19.1. The second-order valence-corrected chi connectivity index (χ2v) is 5.97. The Balaban J connectivity index is 2.16. The summed E-state index contributed by atoms with van der Waals surface area (Å²) in [5, 5.41) is 10.5. The standard InChI is InChI=1S/C16H23FO/c1-10-4-6-13(8-12(10)3)16(18)15-9-14(17)7-5-11(15)2/h5,7,9-10,12-13,16,18H,4,6,8H2,1-3H3. The van der Waals surface area contributed by atoms with Crippen LogP contribution in [0.15, 0.2) is 18.2 Å². The maximum atomic E-state index is 13.3. The summed E-state index contributed by atoms with van der Waals surface area (Å²) in [7, 11) is 0. The maximum absolute atomic E-state index is 13.3. The number of benzene rings is 1. The van der Waals surface area contributed by atoms with E-state index in [1.54, 1.807) is 6.07 Å². The predicted molar refractivity (Wildman–Crippen MR) is 71.8 cm³/mol. The molecule has 4 atom stereocenters. The van der Waals surface area contributed by atoms with Crippen LogP contribution in [-0.4, -0.2) is 5.11 Å². The molecule has 1 aliphatic carbocycles. The molecule has 100 valence electrons. The van der Waals surface area contributed by atoms with Gasteiger partial charge in [-0.05, 0) is 60.8 Å². The van der Waals surface area contributed by atoms with Crippen molar-refractivity contribution in [3.05, 3.63) is 35.1 Å². The SMILES string of the molecule is Cc1ccc(F)cc1C(O)C1CCC(C)C(C)C1. The second kappa shape index (κ2) is 5.40. The Morgan fingerprint density at radius 2 is 1.94 bits per heavy atom. The van der Waals surface area contributed by atoms with Gasteiger partial charge in [-0.2, -0.15) is 0 Å². The van der Waals surface area contributed by atoms with Gasteiger partial charge in [0.25, 0.3) is 0 Å². The Kier molecular flexibility index (Phi) is 4.06. The molecular formula is C16H23FO. The van der Waals surface area contributed by atoms with E-state index in [2.05, 4.69) is 13.8 Å². The molecule has 1 fully saturated rings. The van der Waals surface area contributed by atoms with Crippen molar-refractivity contribution < 1.29 is 9.50 Å². The van der Waals surface area contributed by atoms with Crippen LogP contribution in [-0.2, 0) is 0 Å². The van der Waals surface area contributed by atoms with Crippen LogP contribution in [0.2, 0.25) is 0 Å². The zero-order chi connectivity index (χ0) is 13.3. The van der Waals surface area contributed by atoms with Gasteiger partial charge in [-0.1, -0.05) is 26.3 Å². The van der Waals surface area contributed by atoms with Crippen LogP contribution in [0, 0.1) is 30.5 Å². The predicted octanol–water partition coefficient (Wildman–Crippen LogP) is 4.24. The molecule has 2 heteroatoms. The molecule has 18 heavy (non-hydrogen) atoms. The minimum Gasteiger partial charge on any atom is -0.388 e. The first-order chi connectivity index (χ1) is 8.49. The van der Waals surface area contributed by atoms with E-state index in [-0.39, 0.29) is 11.7 Å². The van der Waals surface area contributed by atoms with Crippen molar-refractivity contribution in [1.29, 1.82) is 0 Å². The number of aryl methyl sites for hydroxylation is 1. The lowest BCUT2D eigenvalue weighted by Gasteiger charge is -2.35. The van der Waals surface area contributed by atoms with Crippen molar-refractivity contribution in [3.63, 3.8) is 0 Å². The normalized spacial score (nSPS) is 30.2. The van der Waals surface area contributed by atoms with Crippen LogP contribution in [0.1, 0.15) is 50.3 Å². The molecular weight excluding hydrogens is 227 g/mol. The fourth-order valence-corrected chi connectivity index (χ4v) is 3.06. The maximum Gasteiger partial charge on any atom is 0.123 e. The van der Waals surface area contributed by atoms with E-state index in [0.717, 1.165) is 36.3 Å². The van der Waals surface area contributed by atoms with Gasteiger partial charge in [0, 0.05) is 0 Å². The van der Waals surface area contributed by atoms with Crippen molar-refractivity contribution in [2.75, 3.05) is 0 Å². The fourth-order valence-electron chi connectivity index (χ4n) is 3.06. The smallest absolute Gasteiger partial charge is 0.123 e. The number of rotatable bonds is 2.